The number of hydrogen-bond donors (Lipinski definition) is 1. The Bertz CT molecular complexity index is 510. The van der Waals surface area contributed by atoms with E-state index < -0.39 is 0 Å². The minimum Gasteiger partial charge on any atom is -0.307 e. The Morgan fingerprint density at radius 2 is 1.86 bits per heavy atom. The number of rotatable bonds is 2. The van der Waals surface area contributed by atoms with Gasteiger partial charge in [0.1, 0.15) is 0 Å². The minimum absolute atomic E-state index is 0.606. The lowest BCUT2D eigenvalue weighted by Gasteiger charge is -2.47. The molecule has 0 aromatic heterocycles. The summed E-state index contributed by atoms with van der Waals surface area (Å²) in [7, 11) is 2.35. The van der Waals surface area contributed by atoms with Gasteiger partial charge in [0.15, 0.2) is 0 Å². The first-order valence-electron chi connectivity index (χ1n) is 8.78. The molecule has 0 radical (unpaired) electrons. The summed E-state index contributed by atoms with van der Waals surface area (Å²) in [5.74, 6) is 0. The molecule has 2 heteroatoms. The molecule has 4 rings (SSSR count). The van der Waals surface area contributed by atoms with E-state index in [-0.39, 0.29) is 0 Å². The van der Waals surface area contributed by atoms with Gasteiger partial charge in [-0.15, -0.1) is 0 Å². The molecule has 2 saturated heterocycles. The summed E-state index contributed by atoms with van der Waals surface area (Å²) in [4.78, 5) is 2.66. The summed E-state index contributed by atoms with van der Waals surface area (Å²) in [6.07, 6.45) is 9.51. The van der Waals surface area contributed by atoms with E-state index in [4.69, 9.17) is 0 Å². The molecule has 0 amide bonds. The molecule has 2 fully saturated rings. The summed E-state index contributed by atoms with van der Waals surface area (Å²) in [6.45, 7) is 2.22. The molecule has 1 aromatic carbocycles. The Kier molecular flexibility index (Phi) is 3.55. The smallest absolute Gasteiger partial charge is 0.0328 e. The molecule has 0 saturated carbocycles. The summed E-state index contributed by atoms with van der Waals surface area (Å²) in [6, 6.07) is 10.0. The molecule has 2 nitrogen and oxygen atoms in total. The van der Waals surface area contributed by atoms with Crippen LogP contribution in [-0.4, -0.2) is 30.1 Å². The van der Waals surface area contributed by atoms with Gasteiger partial charge < -0.3 is 10.2 Å². The average Bonchev–Trinajstić information content (AvgIpc) is 2.82. The number of aryl methyl sites for hydroxylation is 2. The van der Waals surface area contributed by atoms with Crippen LogP contribution in [0.25, 0.3) is 0 Å². The Balaban J connectivity index is 1.47. The number of fused-ring (bicyclic) bond motifs is 3. The molecule has 3 unspecified atom stereocenters. The van der Waals surface area contributed by atoms with Crippen molar-refractivity contribution in [1.29, 1.82) is 0 Å². The van der Waals surface area contributed by atoms with E-state index in [1.165, 1.54) is 50.5 Å². The summed E-state index contributed by atoms with van der Waals surface area (Å²) < 4.78 is 0. The van der Waals surface area contributed by atoms with Crippen molar-refractivity contribution in [2.24, 2.45) is 0 Å². The normalized spacial score (nSPS) is 35.7. The van der Waals surface area contributed by atoms with E-state index in [1.54, 1.807) is 11.1 Å². The van der Waals surface area contributed by atoms with Crippen molar-refractivity contribution in [3.8, 4) is 0 Å². The highest BCUT2D eigenvalue weighted by Crippen LogP contribution is 2.36. The van der Waals surface area contributed by atoms with Gasteiger partial charge in [-0.05, 0) is 63.6 Å². The van der Waals surface area contributed by atoms with Crippen LogP contribution in [0.5, 0.6) is 0 Å². The van der Waals surface area contributed by atoms with Gasteiger partial charge in [-0.25, -0.2) is 0 Å². The van der Waals surface area contributed by atoms with Gasteiger partial charge in [0.2, 0.25) is 0 Å². The highest BCUT2D eigenvalue weighted by atomic mass is 15.2. The molecule has 1 N–H and O–H groups in total. The van der Waals surface area contributed by atoms with Crippen LogP contribution in [0.1, 0.15) is 61.3 Å². The second-order valence-electron chi connectivity index (χ2n) is 7.53. The molecule has 3 atom stereocenters. The molecular weight excluding hydrogens is 256 g/mol. The average molecular weight is 284 g/mol. The van der Waals surface area contributed by atoms with Gasteiger partial charge >= 0.3 is 0 Å². The third kappa shape index (κ3) is 2.53. The second kappa shape index (κ2) is 5.40. The maximum absolute atomic E-state index is 4.02. The van der Waals surface area contributed by atoms with E-state index in [9.17, 15) is 0 Å². The molecule has 114 valence electrons. The van der Waals surface area contributed by atoms with E-state index in [0.717, 1.165) is 18.1 Å². The lowest BCUT2D eigenvalue weighted by molar-refractivity contribution is 0.0458. The lowest BCUT2D eigenvalue weighted by Crippen LogP contribution is -2.54. The fourth-order valence-corrected chi connectivity index (χ4v) is 4.93. The second-order valence-corrected chi connectivity index (χ2v) is 7.53. The van der Waals surface area contributed by atoms with Gasteiger partial charge in [0, 0.05) is 24.2 Å². The van der Waals surface area contributed by atoms with Crippen LogP contribution >= 0.6 is 0 Å². The van der Waals surface area contributed by atoms with Crippen LogP contribution in [0, 0.1) is 6.92 Å². The third-order valence-electron chi connectivity index (χ3n) is 6.16. The van der Waals surface area contributed by atoms with Crippen molar-refractivity contribution >= 4 is 0 Å². The van der Waals surface area contributed by atoms with Crippen LogP contribution < -0.4 is 5.32 Å². The predicted molar refractivity (Wildman–Crippen MR) is 87.6 cm³/mol. The molecule has 2 bridgehead atoms. The number of piperidine rings is 2. The summed E-state index contributed by atoms with van der Waals surface area (Å²) >= 11 is 0. The Morgan fingerprint density at radius 1 is 1.10 bits per heavy atom. The van der Waals surface area contributed by atoms with Crippen molar-refractivity contribution < 1.29 is 0 Å². The number of nitrogens with one attached hydrogen (secondary N) is 1. The van der Waals surface area contributed by atoms with Crippen LogP contribution in [0.3, 0.4) is 0 Å². The van der Waals surface area contributed by atoms with E-state index >= 15 is 0 Å². The van der Waals surface area contributed by atoms with Crippen molar-refractivity contribution in [2.75, 3.05) is 7.05 Å². The quantitative estimate of drug-likeness (QED) is 0.893. The fraction of sp³-hybridized carbons (Fsp3) is 0.684. The SMILES string of the molecule is Cc1ccc2c(c1)C(NC1CC3CCCC(C1)N3C)CC2. The van der Waals surface area contributed by atoms with Crippen molar-refractivity contribution in [3.05, 3.63) is 34.9 Å². The zero-order valence-electron chi connectivity index (χ0n) is 13.4. The molecule has 21 heavy (non-hydrogen) atoms. The largest absolute Gasteiger partial charge is 0.307 e. The highest BCUT2D eigenvalue weighted by Gasteiger charge is 2.37. The van der Waals surface area contributed by atoms with Crippen LogP contribution in [0.4, 0.5) is 0 Å². The van der Waals surface area contributed by atoms with Crippen LogP contribution in [-0.2, 0) is 6.42 Å². The molecule has 3 aliphatic rings. The Hall–Kier alpha value is -0.860. The molecule has 2 aliphatic heterocycles. The van der Waals surface area contributed by atoms with Gasteiger partial charge in [-0.1, -0.05) is 30.2 Å². The van der Waals surface area contributed by atoms with Gasteiger partial charge in [0.05, 0.1) is 0 Å². The van der Waals surface area contributed by atoms with Gasteiger partial charge in [-0.2, -0.15) is 0 Å². The minimum atomic E-state index is 0.606. The Labute approximate surface area is 128 Å². The zero-order chi connectivity index (χ0) is 14.4. The summed E-state index contributed by atoms with van der Waals surface area (Å²) in [5.41, 5.74) is 4.56. The highest BCUT2D eigenvalue weighted by molar-refractivity contribution is 5.37. The third-order valence-corrected chi connectivity index (χ3v) is 6.16. The molecule has 0 spiro atoms. The first-order chi connectivity index (χ1) is 10.2. The topological polar surface area (TPSA) is 15.3 Å². The zero-order valence-corrected chi connectivity index (χ0v) is 13.4. The van der Waals surface area contributed by atoms with Gasteiger partial charge in [-0.3, -0.25) is 0 Å². The first-order valence-corrected chi connectivity index (χ1v) is 8.78. The van der Waals surface area contributed by atoms with Crippen LogP contribution in [0.2, 0.25) is 0 Å². The standard InChI is InChI=1S/C19H28N2/c1-13-6-7-14-8-9-19(18(14)10-13)20-15-11-16-4-3-5-17(12-15)21(16)2/h6-7,10,15-17,19-20H,3-5,8-9,11-12H2,1-2H3. The molecular formula is C19H28N2. The predicted octanol–water partition coefficient (Wildman–Crippen LogP) is 3.59. The van der Waals surface area contributed by atoms with E-state index in [2.05, 4.69) is 42.4 Å². The van der Waals surface area contributed by atoms with E-state index in [0.29, 0.717) is 6.04 Å². The number of benzene rings is 1. The van der Waals surface area contributed by atoms with Gasteiger partial charge in [0.25, 0.3) is 0 Å². The monoisotopic (exact) mass is 284 g/mol. The van der Waals surface area contributed by atoms with E-state index in [1.807, 2.05) is 0 Å². The maximum atomic E-state index is 4.02. The first kappa shape index (κ1) is 13.8. The Morgan fingerprint density at radius 3 is 2.62 bits per heavy atom. The molecule has 2 heterocycles. The van der Waals surface area contributed by atoms with Crippen LogP contribution in [0.15, 0.2) is 18.2 Å². The lowest BCUT2D eigenvalue weighted by atomic mass is 9.82. The maximum Gasteiger partial charge on any atom is 0.0328 e. The number of hydrogen-bond acceptors (Lipinski definition) is 2. The molecule has 1 aromatic rings. The van der Waals surface area contributed by atoms with Crippen molar-refractivity contribution in [2.45, 2.75) is 76.0 Å². The van der Waals surface area contributed by atoms with Crippen molar-refractivity contribution in [1.82, 2.24) is 10.2 Å². The molecule has 1 aliphatic carbocycles. The van der Waals surface area contributed by atoms with Crippen molar-refractivity contribution in [3.63, 3.8) is 0 Å². The summed E-state index contributed by atoms with van der Waals surface area (Å²) in [5, 5.41) is 4.02. The fourth-order valence-electron chi connectivity index (χ4n) is 4.93. The number of nitrogens with zero attached hydrogens (tertiary/aromatic N) is 1.